The van der Waals surface area contributed by atoms with Crippen LogP contribution in [0.25, 0.3) is 22.1 Å². The Morgan fingerprint density at radius 3 is 2.71 bits per heavy atom. The zero-order chi connectivity index (χ0) is 23.9. The molecule has 0 unspecified atom stereocenters. The molecule has 2 atom stereocenters. The van der Waals surface area contributed by atoms with Crippen LogP contribution < -0.4 is 15.7 Å². The first-order chi connectivity index (χ1) is 17.0. The monoisotopic (exact) mass is 488 g/mol. The molecule has 7 heteroatoms. The van der Waals surface area contributed by atoms with Crippen molar-refractivity contribution in [2.24, 2.45) is 5.92 Å². The summed E-state index contributed by atoms with van der Waals surface area (Å²) < 4.78 is 13.8. The zero-order valence-corrected chi connectivity index (χ0v) is 19.9. The van der Waals surface area contributed by atoms with Crippen LogP contribution in [0.15, 0.2) is 80.9 Å². The molecule has 35 heavy (non-hydrogen) atoms. The molecule has 2 aromatic heterocycles. The van der Waals surface area contributed by atoms with Crippen LogP contribution in [-0.2, 0) is 6.54 Å². The maximum atomic E-state index is 13.0. The summed E-state index contributed by atoms with van der Waals surface area (Å²) in [5.41, 5.74) is 2.95. The van der Waals surface area contributed by atoms with Crippen molar-refractivity contribution < 1.29 is 9.15 Å². The lowest BCUT2D eigenvalue weighted by atomic mass is 9.83. The average molecular weight is 489 g/mol. The molecule has 4 heterocycles. The number of nitrogens with zero attached hydrogens (tertiary/aromatic N) is 2. The second-order valence-corrected chi connectivity index (χ2v) is 9.89. The highest BCUT2D eigenvalue weighted by molar-refractivity contribution is 6.30. The van der Waals surface area contributed by atoms with Crippen molar-refractivity contribution >= 4 is 22.6 Å². The van der Waals surface area contributed by atoms with Crippen LogP contribution in [0.4, 0.5) is 0 Å². The molecule has 4 aromatic rings. The minimum absolute atomic E-state index is 0.0839. The Morgan fingerprint density at radius 2 is 1.86 bits per heavy atom. The normalized spacial score (nSPS) is 19.5. The highest BCUT2D eigenvalue weighted by Crippen LogP contribution is 2.34. The first-order valence-electron chi connectivity index (χ1n) is 11.9. The Kier molecular flexibility index (Phi) is 5.71. The van der Waals surface area contributed by atoms with Crippen molar-refractivity contribution in [1.82, 2.24) is 9.47 Å². The van der Waals surface area contributed by atoms with Crippen LogP contribution in [0.3, 0.4) is 0 Å². The fourth-order valence-corrected chi connectivity index (χ4v) is 5.62. The van der Waals surface area contributed by atoms with Crippen molar-refractivity contribution in [1.29, 1.82) is 0 Å². The van der Waals surface area contributed by atoms with Gasteiger partial charge in [0.1, 0.15) is 24.2 Å². The van der Waals surface area contributed by atoms with E-state index in [4.69, 9.17) is 20.8 Å². The van der Waals surface area contributed by atoms with Gasteiger partial charge in [0, 0.05) is 54.9 Å². The van der Waals surface area contributed by atoms with Gasteiger partial charge in [0.25, 0.3) is 5.56 Å². The van der Waals surface area contributed by atoms with E-state index in [9.17, 15) is 9.59 Å². The Bertz CT molecular complexity index is 1510. The van der Waals surface area contributed by atoms with E-state index in [0.29, 0.717) is 45.7 Å². The van der Waals surface area contributed by atoms with Gasteiger partial charge >= 0.3 is 0 Å². The molecule has 178 valence electrons. The first-order valence-corrected chi connectivity index (χ1v) is 12.3. The summed E-state index contributed by atoms with van der Waals surface area (Å²) in [4.78, 5) is 27.6. The molecule has 2 aliphatic heterocycles. The summed E-state index contributed by atoms with van der Waals surface area (Å²) in [5.74, 6) is 1.56. The summed E-state index contributed by atoms with van der Waals surface area (Å²) in [5, 5.41) is 1.14. The second kappa shape index (κ2) is 9.02. The molecule has 0 radical (unpaired) electrons. The van der Waals surface area contributed by atoms with E-state index in [1.54, 1.807) is 30.3 Å². The second-order valence-electron chi connectivity index (χ2n) is 9.45. The van der Waals surface area contributed by atoms with E-state index in [0.717, 1.165) is 43.9 Å². The van der Waals surface area contributed by atoms with Crippen molar-refractivity contribution in [2.45, 2.75) is 18.9 Å². The number of piperidine rings is 1. The smallest absolute Gasteiger partial charge is 0.250 e. The maximum absolute atomic E-state index is 13.0. The molecule has 0 N–H and O–H groups in total. The van der Waals surface area contributed by atoms with Gasteiger partial charge in [0.2, 0.25) is 0 Å². The summed E-state index contributed by atoms with van der Waals surface area (Å²) in [6, 6.07) is 18.1. The molecule has 6 rings (SSSR count). The molecule has 6 nitrogen and oxygen atoms in total. The summed E-state index contributed by atoms with van der Waals surface area (Å²) in [7, 11) is 0. The van der Waals surface area contributed by atoms with E-state index >= 15 is 0 Å². The number of pyridine rings is 1. The highest BCUT2D eigenvalue weighted by atomic mass is 35.5. The van der Waals surface area contributed by atoms with Gasteiger partial charge in [-0.25, -0.2) is 0 Å². The number of benzene rings is 2. The van der Waals surface area contributed by atoms with Gasteiger partial charge in [0.05, 0.1) is 10.9 Å². The minimum Gasteiger partial charge on any atom is -0.492 e. The van der Waals surface area contributed by atoms with Crippen LogP contribution in [0.1, 0.15) is 18.0 Å². The molecule has 1 saturated heterocycles. The van der Waals surface area contributed by atoms with Gasteiger partial charge in [-0.15, -0.1) is 0 Å². The molecule has 0 spiro atoms. The van der Waals surface area contributed by atoms with Gasteiger partial charge in [-0.1, -0.05) is 29.8 Å². The third-order valence-electron chi connectivity index (χ3n) is 7.13. The highest BCUT2D eigenvalue weighted by Gasteiger charge is 2.34. The number of hydrogen-bond acceptors (Lipinski definition) is 5. The Balaban J connectivity index is 1.12. The SMILES string of the molecule is O=c1c(-c2ccc(Cl)cc2)coc2cc(OCCN3C[C@@H]4C[C@@H](C3)c3cccc(=O)n3C4)ccc12. The lowest BCUT2D eigenvalue weighted by Crippen LogP contribution is -2.48. The standard InChI is InChI=1S/C28H25ClN2O4/c29-21-6-4-19(5-7-21)24-17-35-26-13-22(8-9-23(26)28(24)33)34-11-10-30-14-18-12-20(16-30)25-2-1-3-27(32)31(25)15-18/h1-9,13,17-18,20H,10-12,14-16H2/t18-,20-/m0/s1. The van der Waals surface area contributed by atoms with Crippen LogP contribution >= 0.6 is 11.6 Å². The van der Waals surface area contributed by atoms with Gasteiger partial charge < -0.3 is 13.7 Å². The summed E-state index contributed by atoms with van der Waals surface area (Å²) >= 11 is 5.96. The topological polar surface area (TPSA) is 64.7 Å². The lowest BCUT2D eigenvalue weighted by molar-refractivity contribution is 0.104. The van der Waals surface area contributed by atoms with Crippen molar-refractivity contribution in [2.75, 3.05) is 26.2 Å². The largest absolute Gasteiger partial charge is 0.492 e. The van der Waals surface area contributed by atoms with Gasteiger partial charge in [-0.3, -0.25) is 14.5 Å². The van der Waals surface area contributed by atoms with Crippen molar-refractivity contribution in [3.05, 3.63) is 98.2 Å². The Labute approximate surface area is 207 Å². The molecule has 2 aliphatic rings. The van der Waals surface area contributed by atoms with Crippen molar-refractivity contribution in [3.63, 3.8) is 0 Å². The zero-order valence-electron chi connectivity index (χ0n) is 19.2. The predicted octanol–water partition coefficient (Wildman–Crippen LogP) is 4.77. The van der Waals surface area contributed by atoms with Gasteiger partial charge in [0.15, 0.2) is 5.43 Å². The lowest BCUT2D eigenvalue weighted by Gasteiger charge is -2.42. The van der Waals surface area contributed by atoms with Crippen LogP contribution in [-0.4, -0.2) is 35.7 Å². The quantitative estimate of drug-likeness (QED) is 0.405. The third-order valence-corrected chi connectivity index (χ3v) is 7.38. The molecular formula is C28H25ClN2O4. The number of ether oxygens (including phenoxy) is 1. The first kappa shape index (κ1) is 22.1. The van der Waals surface area contributed by atoms with Crippen LogP contribution in [0.5, 0.6) is 5.75 Å². The average Bonchev–Trinajstić information content (AvgIpc) is 2.86. The minimum atomic E-state index is -0.0839. The van der Waals surface area contributed by atoms with Crippen LogP contribution in [0, 0.1) is 5.92 Å². The molecule has 0 saturated carbocycles. The van der Waals surface area contributed by atoms with Crippen molar-refractivity contribution in [3.8, 4) is 16.9 Å². The third kappa shape index (κ3) is 4.28. The van der Waals surface area contributed by atoms with E-state index in [-0.39, 0.29) is 11.0 Å². The molecule has 0 amide bonds. The molecule has 2 bridgehead atoms. The Morgan fingerprint density at radius 1 is 1.00 bits per heavy atom. The van der Waals surface area contributed by atoms with Gasteiger partial charge in [-0.05, 0) is 48.2 Å². The maximum Gasteiger partial charge on any atom is 0.250 e. The fourth-order valence-electron chi connectivity index (χ4n) is 5.50. The summed E-state index contributed by atoms with van der Waals surface area (Å²) in [6.45, 7) is 4.05. The predicted molar refractivity (Wildman–Crippen MR) is 136 cm³/mol. The molecule has 0 aliphatic carbocycles. The Hall–Kier alpha value is -3.35. The van der Waals surface area contributed by atoms with E-state index < -0.39 is 0 Å². The van der Waals surface area contributed by atoms with E-state index in [2.05, 4.69) is 11.0 Å². The van der Waals surface area contributed by atoms with E-state index in [1.165, 1.54) is 6.26 Å². The number of aromatic nitrogens is 1. The number of likely N-dealkylation sites (tertiary alicyclic amines) is 1. The van der Waals surface area contributed by atoms with Crippen LogP contribution in [0.2, 0.25) is 5.02 Å². The number of hydrogen-bond donors (Lipinski definition) is 0. The van der Waals surface area contributed by atoms with Gasteiger partial charge in [-0.2, -0.15) is 0 Å². The number of rotatable bonds is 5. The number of halogens is 1. The summed E-state index contributed by atoms with van der Waals surface area (Å²) in [6.07, 6.45) is 2.63. The molecule has 2 aromatic carbocycles. The molecular weight excluding hydrogens is 464 g/mol. The van der Waals surface area contributed by atoms with E-state index in [1.807, 2.05) is 28.8 Å². The number of fused-ring (bicyclic) bond motifs is 5. The fraction of sp³-hybridized carbons (Fsp3) is 0.286. The molecule has 1 fully saturated rings.